The maximum atomic E-state index is 12.9. The predicted molar refractivity (Wildman–Crippen MR) is 91.2 cm³/mol. The molecule has 0 aromatic rings. The largest absolute Gasteiger partial charge is 0.353 e. The van der Waals surface area contributed by atoms with Crippen LogP contribution in [-0.2, 0) is 14.3 Å². The van der Waals surface area contributed by atoms with Gasteiger partial charge in [-0.1, -0.05) is 6.92 Å². The van der Waals surface area contributed by atoms with Gasteiger partial charge in [-0.3, -0.25) is 14.5 Å². The molecule has 0 aromatic carbocycles. The van der Waals surface area contributed by atoms with Crippen molar-refractivity contribution in [3.05, 3.63) is 0 Å². The highest BCUT2D eigenvalue weighted by molar-refractivity contribution is 5.90. The Labute approximate surface area is 144 Å². The first kappa shape index (κ1) is 17.7. The number of carbonyl (C=O) groups excluding carboxylic acids is 2. The normalized spacial score (nSPS) is 33.2. The van der Waals surface area contributed by atoms with Gasteiger partial charge in [-0.05, 0) is 58.5 Å². The lowest BCUT2D eigenvalue weighted by atomic mass is 9.83. The number of hydrogen-bond acceptors (Lipinski definition) is 4. The van der Waals surface area contributed by atoms with Gasteiger partial charge in [-0.2, -0.15) is 0 Å². The molecule has 0 aromatic heterocycles. The molecule has 1 atom stereocenters. The first-order valence-electron chi connectivity index (χ1n) is 9.32. The molecule has 6 heteroatoms. The lowest BCUT2D eigenvalue weighted by molar-refractivity contribution is -0.162. The number of likely N-dealkylation sites (N-methyl/N-ethyl adjacent to an activating group) is 1. The molecule has 3 rings (SSSR count). The minimum absolute atomic E-state index is 0.0682. The van der Waals surface area contributed by atoms with Crippen LogP contribution in [0.25, 0.3) is 0 Å². The van der Waals surface area contributed by atoms with Crippen LogP contribution in [0.2, 0.25) is 0 Å². The van der Waals surface area contributed by atoms with E-state index in [-0.39, 0.29) is 17.7 Å². The van der Waals surface area contributed by atoms with Gasteiger partial charge in [0.2, 0.25) is 11.8 Å². The molecule has 24 heavy (non-hydrogen) atoms. The van der Waals surface area contributed by atoms with Gasteiger partial charge >= 0.3 is 0 Å². The fourth-order valence-electron chi connectivity index (χ4n) is 3.86. The summed E-state index contributed by atoms with van der Waals surface area (Å²) in [7, 11) is 3.96. The second-order valence-corrected chi connectivity index (χ2v) is 8.03. The van der Waals surface area contributed by atoms with E-state index in [1.807, 2.05) is 23.9 Å². The van der Waals surface area contributed by atoms with Crippen LogP contribution < -0.4 is 5.32 Å². The second kappa shape index (κ2) is 7.00. The van der Waals surface area contributed by atoms with E-state index in [1.165, 1.54) is 0 Å². The van der Waals surface area contributed by atoms with Crippen LogP contribution in [0, 0.1) is 11.8 Å². The Morgan fingerprint density at radius 1 is 1.21 bits per heavy atom. The quantitative estimate of drug-likeness (QED) is 0.819. The number of ether oxygens (including phenoxy) is 1. The van der Waals surface area contributed by atoms with E-state index < -0.39 is 11.8 Å². The first-order chi connectivity index (χ1) is 11.4. The summed E-state index contributed by atoms with van der Waals surface area (Å²) in [6, 6.07) is -0.464. The molecule has 1 aliphatic heterocycles. The summed E-state index contributed by atoms with van der Waals surface area (Å²) in [5.41, 5.74) is -0.532. The zero-order chi connectivity index (χ0) is 17.3. The topological polar surface area (TPSA) is 61.9 Å². The summed E-state index contributed by atoms with van der Waals surface area (Å²) < 4.78 is 6.14. The number of hydrogen-bond donors (Lipinski definition) is 1. The van der Waals surface area contributed by atoms with Crippen LogP contribution >= 0.6 is 0 Å². The molecular formula is C18H31N3O3. The summed E-state index contributed by atoms with van der Waals surface area (Å²) in [6.45, 7) is 3.97. The van der Waals surface area contributed by atoms with Crippen molar-refractivity contribution in [2.45, 2.75) is 57.2 Å². The summed E-state index contributed by atoms with van der Waals surface area (Å²) in [6.07, 6.45) is 5.74. The monoisotopic (exact) mass is 337 g/mol. The zero-order valence-corrected chi connectivity index (χ0v) is 15.2. The third-order valence-electron chi connectivity index (χ3n) is 5.64. The molecule has 1 spiro atoms. The predicted octanol–water partition coefficient (Wildman–Crippen LogP) is 1.21. The lowest BCUT2D eigenvalue weighted by Crippen LogP contribution is -2.57. The third kappa shape index (κ3) is 3.59. The van der Waals surface area contributed by atoms with Crippen molar-refractivity contribution in [3.63, 3.8) is 0 Å². The van der Waals surface area contributed by atoms with E-state index in [4.69, 9.17) is 4.74 Å². The molecule has 3 fully saturated rings. The molecule has 0 unspecified atom stereocenters. The number of rotatable bonds is 5. The highest BCUT2D eigenvalue weighted by Gasteiger charge is 2.55. The molecule has 1 heterocycles. The third-order valence-corrected chi connectivity index (χ3v) is 5.64. The summed E-state index contributed by atoms with van der Waals surface area (Å²) in [4.78, 5) is 29.5. The van der Waals surface area contributed by atoms with Crippen molar-refractivity contribution in [2.75, 3.05) is 33.8 Å². The van der Waals surface area contributed by atoms with E-state index in [0.29, 0.717) is 19.1 Å². The molecule has 2 aliphatic carbocycles. The Bertz CT molecular complexity index is 482. The van der Waals surface area contributed by atoms with Crippen molar-refractivity contribution in [3.8, 4) is 0 Å². The fourth-order valence-corrected chi connectivity index (χ4v) is 3.86. The highest BCUT2D eigenvalue weighted by Crippen LogP contribution is 2.45. The molecule has 0 radical (unpaired) electrons. The Morgan fingerprint density at radius 3 is 2.46 bits per heavy atom. The summed E-state index contributed by atoms with van der Waals surface area (Å²) in [5, 5.41) is 2.98. The number of nitrogens with one attached hydrogen (secondary N) is 1. The number of carbonyl (C=O) groups is 2. The SMILES string of the molecule is CC1CCC2(CC1)OC[C@@H](C(=O)NCCN(C)C)N2C(=O)C1CC1. The van der Waals surface area contributed by atoms with Crippen molar-refractivity contribution < 1.29 is 14.3 Å². The minimum atomic E-state index is -0.532. The van der Waals surface area contributed by atoms with E-state index in [1.54, 1.807) is 0 Å². The van der Waals surface area contributed by atoms with Crippen molar-refractivity contribution in [1.82, 2.24) is 15.1 Å². The Hall–Kier alpha value is -1.14. The van der Waals surface area contributed by atoms with Crippen LogP contribution in [0.15, 0.2) is 0 Å². The van der Waals surface area contributed by atoms with E-state index in [0.717, 1.165) is 45.1 Å². The van der Waals surface area contributed by atoms with Crippen molar-refractivity contribution in [1.29, 1.82) is 0 Å². The molecule has 2 amide bonds. The summed E-state index contributed by atoms with van der Waals surface area (Å²) >= 11 is 0. The van der Waals surface area contributed by atoms with Crippen LogP contribution in [0.5, 0.6) is 0 Å². The molecular weight excluding hydrogens is 306 g/mol. The van der Waals surface area contributed by atoms with Crippen LogP contribution in [0.4, 0.5) is 0 Å². The van der Waals surface area contributed by atoms with Gasteiger partial charge in [-0.15, -0.1) is 0 Å². The first-order valence-corrected chi connectivity index (χ1v) is 9.32. The Kier molecular flexibility index (Phi) is 5.16. The van der Waals surface area contributed by atoms with Gasteiger partial charge in [0.15, 0.2) is 0 Å². The van der Waals surface area contributed by atoms with E-state index >= 15 is 0 Å². The minimum Gasteiger partial charge on any atom is -0.353 e. The standard InChI is InChI=1S/C18H31N3O3/c1-13-6-8-18(9-7-13)21(17(23)14-4-5-14)15(12-24-18)16(22)19-10-11-20(2)3/h13-15H,4-12H2,1-3H3,(H,19,22)/t13?,15-,18?/m0/s1. The van der Waals surface area contributed by atoms with Crippen LogP contribution in [0.1, 0.15) is 45.4 Å². The molecule has 0 bridgehead atoms. The smallest absolute Gasteiger partial charge is 0.245 e. The summed E-state index contributed by atoms with van der Waals surface area (Å²) in [5.74, 6) is 0.848. The van der Waals surface area contributed by atoms with Crippen molar-refractivity contribution in [2.24, 2.45) is 11.8 Å². The van der Waals surface area contributed by atoms with Crippen LogP contribution in [-0.4, -0.2) is 67.2 Å². The molecule has 1 saturated heterocycles. The maximum Gasteiger partial charge on any atom is 0.245 e. The van der Waals surface area contributed by atoms with Gasteiger partial charge < -0.3 is 15.0 Å². The lowest BCUT2D eigenvalue weighted by Gasteiger charge is -2.43. The molecule has 136 valence electrons. The van der Waals surface area contributed by atoms with Gasteiger partial charge in [0.1, 0.15) is 11.8 Å². The van der Waals surface area contributed by atoms with E-state index in [9.17, 15) is 9.59 Å². The molecule has 1 N–H and O–H groups in total. The number of amides is 2. The number of nitrogens with zero attached hydrogens (tertiary/aromatic N) is 2. The Balaban J connectivity index is 1.71. The highest BCUT2D eigenvalue weighted by atomic mass is 16.5. The Morgan fingerprint density at radius 2 is 1.88 bits per heavy atom. The van der Waals surface area contributed by atoms with Crippen LogP contribution in [0.3, 0.4) is 0 Å². The van der Waals surface area contributed by atoms with Gasteiger partial charge in [0.25, 0.3) is 0 Å². The zero-order valence-electron chi connectivity index (χ0n) is 15.2. The average molecular weight is 337 g/mol. The maximum absolute atomic E-state index is 12.9. The molecule has 2 saturated carbocycles. The average Bonchev–Trinajstić information content (AvgIpc) is 3.32. The second-order valence-electron chi connectivity index (χ2n) is 8.03. The van der Waals surface area contributed by atoms with Gasteiger partial charge in [-0.25, -0.2) is 0 Å². The molecule has 3 aliphatic rings. The fraction of sp³-hybridized carbons (Fsp3) is 0.889. The molecule has 6 nitrogen and oxygen atoms in total. The van der Waals surface area contributed by atoms with Gasteiger partial charge in [0, 0.05) is 19.0 Å². The van der Waals surface area contributed by atoms with Gasteiger partial charge in [0.05, 0.1) is 6.61 Å². The van der Waals surface area contributed by atoms with Crippen molar-refractivity contribution >= 4 is 11.8 Å². The van der Waals surface area contributed by atoms with E-state index in [2.05, 4.69) is 12.2 Å².